The third-order valence-corrected chi connectivity index (χ3v) is 4.30. The monoisotopic (exact) mass is 286 g/mol. The summed E-state index contributed by atoms with van der Waals surface area (Å²) in [5, 5.41) is 0. The molecule has 1 aromatic rings. The van der Waals surface area contributed by atoms with E-state index in [4.69, 9.17) is 4.74 Å². The van der Waals surface area contributed by atoms with Gasteiger partial charge in [-0.2, -0.15) is 0 Å². The SMILES string of the molecule is C=CCN1CCN(C(=O)C2COc3ccccc3C2)CC1. The molecule has 2 aliphatic rings. The van der Waals surface area contributed by atoms with Crippen LogP contribution < -0.4 is 4.74 Å². The van der Waals surface area contributed by atoms with E-state index in [0.29, 0.717) is 6.61 Å². The molecule has 1 atom stereocenters. The average Bonchev–Trinajstić information content (AvgIpc) is 2.55. The predicted molar refractivity (Wildman–Crippen MR) is 82.3 cm³/mol. The molecule has 2 aliphatic heterocycles. The molecular formula is C17H22N2O2. The summed E-state index contributed by atoms with van der Waals surface area (Å²) in [7, 11) is 0. The molecule has 1 saturated heterocycles. The van der Waals surface area contributed by atoms with Gasteiger partial charge in [-0.05, 0) is 18.1 Å². The summed E-state index contributed by atoms with van der Waals surface area (Å²) in [5.74, 6) is 1.13. The summed E-state index contributed by atoms with van der Waals surface area (Å²) in [6, 6.07) is 8.00. The van der Waals surface area contributed by atoms with Crippen LogP contribution >= 0.6 is 0 Å². The number of fused-ring (bicyclic) bond motifs is 1. The van der Waals surface area contributed by atoms with Gasteiger partial charge in [0.25, 0.3) is 0 Å². The number of para-hydroxylation sites is 1. The number of amides is 1. The Balaban J connectivity index is 1.59. The minimum atomic E-state index is -0.0362. The Morgan fingerprint density at radius 1 is 1.29 bits per heavy atom. The zero-order valence-corrected chi connectivity index (χ0v) is 12.3. The van der Waals surface area contributed by atoms with E-state index >= 15 is 0 Å². The van der Waals surface area contributed by atoms with E-state index in [2.05, 4.69) is 17.5 Å². The molecule has 0 aliphatic carbocycles. The third kappa shape index (κ3) is 3.10. The van der Waals surface area contributed by atoms with Gasteiger partial charge in [-0.3, -0.25) is 9.69 Å². The van der Waals surface area contributed by atoms with E-state index in [1.165, 1.54) is 0 Å². The van der Waals surface area contributed by atoms with Crippen LogP contribution in [0.15, 0.2) is 36.9 Å². The lowest BCUT2D eigenvalue weighted by molar-refractivity contribution is -0.138. The lowest BCUT2D eigenvalue weighted by Crippen LogP contribution is -2.51. The second kappa shape index (κ2) is 6.31. The van der Waals surface area contributed by atoms with Crippen LogP contribution in [-0.4, -0.2) is 55.0 Å². The maximum atomic E-state index is 12.6. The Bertz CT molecular complexity index is 521. The molecule has 1 fully saturated rings. The lowest BCUT2D eigenvalue weighted by atomic mass is 9.95. The number of rotatable bonds is 3. The van der Waals surface area contributed by atoms with E-state index in [0.717, 1.165) is 50.5 Å². The summed E-state index contributed by atoms with van der Waals surface area (Å²) in [6.07, 6.45) is 2.71. The smallest absolute Gasteiger partial charge is 0.229 e. The highest BCUT2D eigenvalue weighted by Gasteiger charge is 2.30. The maximum absolute atomic E-state index is 12.6. The van der Waals surface area contributed by atoms with Crippen LogP contribution in [0.25, 0.3) is 0 Å². The molecule has 112 valence electrons. The highest BCUT2D eigenvalue weighted by atomic mass is 16.5. The van der Waals surface area contributed by atoms with Crippen LogP contribution in [-0.2, 0) is 11.2 Å². The van der Waals surface area contributed by atoms with Gasteiger partial charge < -0.3 is 9.64 Å². The zero-order chi connectivity index (χ0) is 14.7. The van der Waals surface area contributed by atoms with Crippen molar-refractivity contribution in [3.05, 3.63) is 42.5 Å². The Labute approximate surface area is 126 Å². The van der Waals surface area contributed by atoms with Gasteiger partial charge >= 0.3 is 0 Å². The average molecular weight is 286 g/mol. The van der Waals surface area contributed by atoms with Crippen LogP contribution in [0.1, 0.15) is 5.56 Å². The van der Waals surface area contributed by atoms with Crippen molar-refractivity contribution in [3.8, 4) is 5.75 Å². The number of hydrogen-bond acceptors (Lipinski definition) is 3. The van der Waals surface area contributed by atoms with Gasteiger partial charge in [0.2, 0.25) is 5.91 Å². The number of piperazine rings is 1. The molecule has 4 heteroatoms. The van der Waals surface area contributed by atoms with Crippen LogP contribution in [0.3, 0.4) is 0 Å². The highest BCUT2D eigenvalue weighted by Crippen LogP contribution is 2.27. The quantitative estimate of drug-likeness (QED) is 0.791. The lowest BCUT2D eigenvalue weighted by Gasteiger charge is -2.36. The number of carbonyl (C=O) groups excluding carboxylic acids is 1. The van der Waals surface area contributed by atoms with Crippen molar-refractivity contribution in [2.75, 3.05) is 39.3 Å². The minimum absolute atomic E-state index is 0.0362. The number of carbonyl (C=O) groups is 1. The maximum Gasteiger partial charge on any atom is 0.229 e. The fourth-order valence-corrected chi connectivity index (χ4v) is 3.08. The molecule has 0 saturated carbocycles. The van der Waals surface area contributed by atoms with Gasteiger partial charge in [-0.1, -0.05) is 24.3 Å². The minimum Gasteiger partial charge on any atom is -0.492 e. The largest absolute Gasteiger partial charge is 0.492 e. The first-order chi connectivity index (χ1) is 10.3. The van der Waals surface area contributed by atoms with Crippen molar-refractivity contribution >= 4 is 5.91 Å². The van der Waals surface area contributed by atoms with Gasteiger partial charge in [0.05, 0.1) is 5.92 Å². The summed E-state index contributed by atoms with van der Waals surface area (Å²) in [4.78, 5) is 16.9. The fourth-order valence-electron chi connectivity index (χ4n) is 3.08. The Kier molecular flexibility index (Phi) is 4.25. The number of nitrogens with zero attached hydrogens (tertiary/aromatic N) is 2. The number of hydrogen-bond donors (Lipinski definition) is 0. The molecule has 3 rings (SSSR count). The molecule has 0 spiro atoms. The molecule has 1 unspecified atom stereocenters. The molecule has 0 radical (unpaired) electrons. The molecule has 2 heterocycles. The second-order valence-corrected chi connectivity index (χ2v) is 5.73. The van der Waals surface area contributed by atoms with Crippen LogP contribution in [0.2, 0.25) is 0 Å². The van der Waals surface area contributed by atoms with E-state index < -0.39 is 0 Å². The molecule has 1 amide bonds. The first kappa shape index (κ1) is 14.1. The van der Waals surface area contributed by atoms with Crippen molar-refractivity contribution in [3.63, 3.8) is 0 Å². The number of benzene rings is 1. The van der Waals surface area contributed by atoms with Gasteiger partial charge in [-0.15, -0.1) is 6.58 Å². The van der Waals surface area contributed by atoms with Crippen molar-refractivity contribution in [1.29, 1.82) is 0 Å². The van der Waals surface area contributed by atoms with Crippen molar-refractivity contribution in [2.45, 2.75) is 6.42 Å². The first-order valence-corrected chi connectivity index (χ1v) is 7.60. The summed E-state index contributed by atoms with van der Waals surface area (Å²) < 4.78 is 5.74. The van der Waals surface area contributed by atoms with E-state index in [1.807, 2.05) is 29.2 Å². The standard InChI is InChI=1S/C17H22N2O2/c1-2-7-18-8-10-19(11-9-18)17(20)15-12-14-5-3-4-6-16(14)21-13-15/h2-6,15H,1,7-13H2. The van der Waals surface area contributed by atoms with Gasteiger partial charge in [0, 0.05) is 32.7 Å². The zero-order valence-electron chi connectivity index (χ0n) is 12.3. The molecule has 1 aromatic carbocycles. The Hall–Kier alpha value is -1.81. The second-order valence-electron chi connectivity index (χ2n) is 5.73. The molecule has 0 aromatic heterocycles. The Morgan fingerprint density at radius 2 is 2.05 bits per heavy atom. The van der Waals surface area contributed by atoms with Crippen LogP contribution in [0.5, 0.6) is 5.75 Å². The van der Waals surface area contributed by atoms with E-state index in [-0.39, 0.29) is 11.8 Å². The summed E-state index contributed by atoms with van der Waals surface area (Å²) in [6.45, 7) is 8.66. The van der Waals surface area contributed by atoms with Gasteiger partial charge in [0.1, 0.15) is 12.4 Å². The van der Waals surface area contributed by atoms with Crippen molar-refractivity contribution < 1.29 is 9.53 Å². The highest BCUT2D eigenvalue weighted by molar-refractivity contribution is 5.80. The molecule has 21 heavy (non-hydrogen) atoms. The van der Waals surface area contributed by atoms with Crippen molar-refractivity contribution in [2.24, 2.45) is 5.92 Å². The topological polar surface area (TPSA) is 32.8 Å². The van der Waals surface area contributed by atoms with Gasteiger partial charge in [-0.25, -0.2) is 0 Å². The van der Waals surface area contributed by atoms with Crippen LogP contribution in [0.4, 0.5) is 0 Å². The third-order valence-electron chi connectivity index (χ3n) is 4.30. The molecule has 0 bridgehead atoms. The number of ether oxygens (including phenoxy) is 1. The first-order valence-electron chi connectivity index (χ1n) is 7.60. The van der Waals surface area contributed by atoms with E-state index in [1.54, 1.807) is 0 Å². The Morgan fingerprint density at radius 3 is 2.81 bits per heavy atom. The predicted octanol–water partition coefficient (Wildman–Crippen LogP) is 1.57. The fraction of sp³-hybridized carbons (Fsp3) is 0.471. The summed E-state index contributed by atoms with van der Waals surface area (Å²) in [5.41, 5.74) is 1.15. The van der Waals surface area contributed by atoms with Gasteiger partial charge in [0.15, 0.2) is 0 Å². The van der Waals surface area contributed by atoms with E-state index in [9.17, 15) is 4.79 Å². The normalized spacial score (nSPS) is 22.3. The van der Waals surface area contributed by atoms with Crippen molar-refractivity contribution in [1.82, 2.24) is 9.80 Å². The van der Waals surface area contributed by atoms with Crippen LogP contribution in [0, 0.1) is 5.92 Å². The molecule has 4 nitrogen and oxygen atoms in total. The molecule has 0 N–H and O–H groups in total. The summed E-state index contributed by atoms with van der Waals surface area (Å²) >= 11 is 0. The molecular weight excluding hydrogens is 264 g/mol.